The first-order valence-corrected chi connectivity index (χ1v) is 5.90. The Morgan fingerprint density at radius 3 is 2.68 bits per heavy atom. The third-order valence-corrected chi connectivity index (χ3v) is 2.23. The fourth-order valence-corrected chi connectivity index (χ4v) is 1.33. The number of nitrogens with one attached hydrogen (secondary N) is 1. The van der Waals surface area contributed by atoms with E-state index in [1.807, 2.05) is 13.8 Å². The summed E-state index contributed by atoms with van der Waals surface area (Å²) in [5.41, 5.74) is 0.575. The predicted octanol–water partition coefficient (Wildman–Crippen LogP) is 1.87. The summed E-state index contributed by atoms with van der Waals surface area (Å²) in [5.74, 6) is 0.978. The molecule has 0 fully saturated rings. The van der Waals surface area contributed by atoms with E-state index in [0.29, 0.717) is 24.0 Å². The quantitative estimate of drug-likeness (QED) is 0.908. The standard InChI is InChI=1S/C12H15N5O2/c1-9(2)6-19-12(18)16-10-3-4-11(13-5-10)17-7-14-15-8-17/h3-5,7-9H,6H2,1-2H3,(H,16,18). The smallest absolute Gasteiger partial charge is 0.411 e. The van der Waals surface area contributed by atoms with Crippen LogP contribution < -0.4 is 5.32 Å². The van der Waals surface area contributed by atoms with Gasteiger partial charge in [0.25, 0.3) is 0 Å². The van der Waals surface area contributed by atoms with Gasteiger partial charge in [0.2, 0.25) is 0 Å². The lowest BCUT2D eigenvalue weighted by atomic mass is 10.2. The number of pyridine rings is 1. The minimum atomic E-state index is -0.479. The van der Waals surface area contributed by atoms with Gasteiger partial charge < -0.3 is 4.74 Å². The van der Waals surface area contributed by atoms with Crippen LogP contribution in [0.5, 0.6) is 0 Å². The predicted molar refractivity (Wildman–Crippen MR) is 69.0 cm³/mol. The van der Waals surface area contributed by atoms with Crippen LogP contribution in [0.25, 0.3) is 5.82 Å². The van der Waals surface area contributed by atoms with E-state index < -0.39 is 6.09 Å². The molecule has 2 aromatic heterocycles. The van der Waals surface area contributed by atoms with Crippen LogP contribution in [-0.4, -0.2) is 32.4 Å². The molecule has 0 spiro atoms. The molecule has 0 saturated heterocycles. The molecule has 0 atom stereocenters. The topological polar surface area (TPSA) is 81.9 Å². The first-order valence-electron chi connectivity index (χ1n) is 5.90. The van der Waals surface area contributed by atoms with E-state index in [1.54, 1.807) is 35.6 Å². The molecule has 1 amide bonds. The minimum absolute atomic E-state index is 0.306. The molecule has 0 aromatic carbocycles. The molecule has 0 aliphatic heterocycles. The van der Waals surface area contributed by atoms with Gasteiger partial charge >= 0.3 is 6.09 Å². The molecule has 2 rings (SSSR count). The number of rotatable bonds is 4. The summed E-state index contributed by atoms with van der Waals surface area (Å²) in [7, 11) is 0. The minimum Gasteiger partial charge on any atom is -0.449 e. The lowest BCUT2D eigenvalue weighted by molar-refractivity contribution is 0.147. The Labute approximate surface area is 110 Å². The zero-order chi connectivity index (χ0) is 13.7. The molecule has 0 aliphatic carbocycles. The SMILES string of the molecule is CC(C)COC(=O)Nc1ccc(-n2cnnc2)nc1. The van der Waals surface area contributed by atoms with Gasteiger partial charge in [-0.25, -0.2) is 9.78 Å². The van der Waals surface area contributed by atoms with Crippen molar-refractivity contribution in [2.24, 2.45) is 5.92 Å². The van der Waals surface area contributed by atoms with Gasteiger partial charge in [-0.15, -0.1) is 10.2 Å². The number of aromatic nitrogens is 4. The highest BCUT2D eigenvalue weighted by molar-refractivity contribution is 5.84. The van der Waals surface area contributed by atoms with Crippen LogP contribution in [0.4, 0.5) is 10.5 Å². The molecule has 100 valence electrons. The fraction of sp³-hybridized carbons (Fsp3) is 0.333. The number of amides is 1. The second-order valence-corrected chi connectivity index (χ2v) is 4.39. The average molecular weight is 261 g/mol. The van der Waals surface area contributed by atoms with Crippen molar-refractivity contribution in [3.05, 3.63) is 31.0 Å². The van der Waals surface area contributed by atoms with Crippen molar-refractivity contribution in [1.82, 2.24) is 19.7 Å². The molecule has 7 heteroatoms. The Kier molecular flexibility index (Phi) is 4.07. The maximum atomic E-state index is 11.4. The number of hydrogen-bond donors (Lipinski definition) is 1. The Bertz CT molecular complexity index is 522. The van der Waals surface area contributed by atoms with Gasteiger partial charge in [0, 0.05) is 0 Å². The Hall–Kier alpha value is -2.44. The summed E-state index contributed by atoms with van der Waals surface area (Å²) >= 11 is 0. The third-order valence-electron chi connectivity index (χ3n) is 2.23. The number of anilines is 1. The van der Waals surface area contributed by atoms with Crippen molar-refractivity contribution < 1.29 is 9.53 Å². The van der Waals surface area contributed by atoms with Gasteiger partial charge in [0.15, 0.2) is 0 Å². The number of nitrogens with zero attached hydrogens (tertiary/aromatic N) is 4. The van der Waals surface area contributed by atoms with Gasteiger partial charge in [-0.3, -0.25) is 9.88 Å². The van der Waals surface area contributed by atoms with Gasteiger partial charge in [-0.05, 0) is 18.1 Å². The lowest BCUT2D eigenvalue weighted by Crippen LogP contribution is -2.16. The Morgan fingerprint density at radius 1 is 1.37 bits per heavy atom. The van der Waals surface area contributed by atoms with Gasteiger partial charge in [0.05, 0.1) is 18.5 Å². The van der Waals surface area contributed by atoms with Crippen molar-refractivity contribution in [1.29, 1.82) is 0 Å². The number of hydrogen-bond acceptors (Lipinski definition) is 5. The molecule has 19 heavy (non-hydrogen) atoms. The molecular formula is C12H15N5O2. The molecule has 2 heterocycles. The van der Waals surface area contributed by atoms with E-state index in [2.05, 4.69) is 20.5 Å². The molecule has 0 aliphatic rings. The van der Waals surface area contributed by atoms with Crippen LogP contribution in [0.3, 0.4) is 0 Å². The van der Waals surface area contributed by atoms with Crippen LogP contribution >= 0.6 is 0 Å². The van der Waals surface area contributed by atoms with E-state index in [9.17, 15) is 4.79 Å². The maximum absolute atomic E-state index is 11.4. The lowest BCUT2D eigenvalue weighted by Gasteiger charge is -2.08. The zero-order valence-electron chi connectivity index (χ0n) is 10.8. The number of ether oxygens (including phenoxy) is 1. The molecule has 0 saturated carbocycles. The van der Waals surface area contributed by atoms with E-state index in [0.717, 1.165) is 0 Å². The molecule has 0 bridgehead atoms. The van der Waals surface area contributed by atoms with E-state index in [1.165, 1.54) is 0 Å². The van der Waals surface area contributed by atoms with Crippen LogP contribution in [-0.2, 0) is 4.74 Å². The molecule has 1 N–H and O–H groups in total. The van der Waals surface area contributed by atoms with Crippen LogP contribution in [0.15, 0.2) is 31.0 Å². The maximum Gasteiger partial charge on any atom is 0.411 e. The van der Waals surface area contributed by atoms with Crippen LogP contribution in [0, 0.1) is 5.92 Å². The average Bonchev–Trinajstić information content (AvgIpc) is 2.91. The summed E-state index contributed by atoms with van der Waals surface area (Å²) < 4.78 is 6.67. The molecule has 2 aromatic rings. The van der Waals surface area contributed by atoms with Crippen molar-refractivity contribution >= 4 is 11.8 Å². The first kappa shape index (κ1) is 13.0. The fourth-order valence-electron chi connectivity index (χ4n) is 1.33. The van der Waals surface area contributed by atoms with Gasteiger partial charge in [0.1, 0.15) is 18.5 Å². The monoisotopic (exact) mass is 261 g/mol. The highest BCUT2D eigenvalue weighted by Gasteiger charge is 2.05. The third kappa shape index (κ3) is 3.77. The van der Waals surface area contributed by atoms with Crippen molar-refractivity contribution in [2.45, 2.75) is 13.8 Å². The Morgan fingerprint density at radius 2 is 2.11 bits per heavy atom. The van der Waals surface area contributed by atoms with Crippen LogP contribution in [0.2, 0.25) is 0 Å². The highest BCUT2D eigenvalue weighted by atomic mass is 16.5. The highest BCUT2D eigenvalue weighted by Crippen LogP contribution is 2.09. The first-order chi connectivity index (χ1) is 9.15. The summed E-state index contributed by atoms with van der Waals surface area (Å²) in [6, 6.07) is 3.49. The summed E-state index contributed by atoms with van der Waals surface area (Å²) in [5, 5.41) is 9.99. The van der Waals surface area contributed by atoms with E-state index >= 15 is 0 Å². The van der Waals surface area contributed by atoms with Crippen molar-refractivity contribution in [3.8, 4) is 5.82 Å². The van der Waals surface area contributed by atoms with E-state index in [4.69, 9.17) is 4.74 Å². The molecule has 0 radical (unpaired) electrons. The second kappa shape index (κ2) is 5.94. The number of carbonyl (C=O) groups excluding carboxylic acids is 1. The molecule has 0 unspecified atom stereocenters. The summed E-state index contributed by atoms with van der Waals surface area (Å²) in [6.45, 7) is 4.34. The molecule has 7 nitrogen and oxygen atoms in total. The summed E-state index contributed by atoms with van der Waals surface area (Å²) in [6.07, 6.45) is 4.16. The van der Waals surface area contributed by atoms with Gasteiger partial charge in [-0.2, -0.15) is 0 Å². The normalized spacial score (nSPS) is 10.5. The summed E-state index contributed by atoms with van der Waals surface area (Å²) in [4.78, 5) is 15.6. The van der Waals surface area contributed by atoms with Crippen molar-refractivity contribution in [2.75, 3.05) is 11.9 Å². The van der Waals surface area contributed by atoms with Gasteiger partial charge in [-0.1, -0.05) is 13.8 Å². The molecular weight excluding hydrogens is 246 g/mol. The van der Waals surface area contributed by atoms with E-state index in [-0.39, 0.29) is 0 Å². The van der Waals surface area contributed by atoms with Crippen LogP contribution in [0.1, 0.15) is 13.8 Å². The Balaban J connectivity index is 1.94. The van der Waals surface area contributed by atoms with Crippen molar-refractivity contribution in [3.63, 3.8) is 0 Å². The largest absolute Gasteiger partial charge is 0.449 e. The number of carbonyl (C=O) groups is 1. The zero-order valence-corrected chi connectivity index (χ0v) is 10.8. The second-order valence-electron chi connectivity index (χ2n) is 4.39.